The maximum absolute atomic E-state index is 5.87. The molecule has 0 saturated carbocycles. The minimum absolute atomic E-state index is 0.205. The molecule has 0 amide bonds. The average Bonchev–Trinajstić information content (AvgIpc) is 2.36. The van der Waals surface area contributed by atoms with E-state index in [0.29, 0.717) is 11.5 Å². The second kappa shape index (κ2) is 5.86. The monoisotopic (exact) mass is 392 g/mol. The number of hydrogen-bond acceptors (Lipinski definition) is 4. The molecule has 0 spiro atoms. The summed E-state index contributed by atoms with van der Waals surface area (Å²) < 4.78 is 12.2. The Bertz CT molecular complexity index is 581. The third kappa shape index (κ3) is 2.93. The van der Waals surface area contributed by atoms with Gasteiger partial charge in [0.2, 0.25) is 0 Å². The van der Waals surface area contributed by atoms with Crippen molar-refractivity contribution in [2.45, 2.75) is 0 Å². The van der Waals surface area contributed by atoms with Crippen LogP contribution < -0.4 is 9.47 Å². The second-order valence-electron chi connectivity index (χ2n) is 3.17. The number of halogens is 3. The Kier molecular flexibility index (Phi) is 4.42. The molecule has 1 aromatic carbocycles. The molecule has 0 atom stereocenters. The van der Waals surface area contributed by atoms with E-state index in [1.165, 1.54) is 12.4 Å². The molecule has 2 aromatic rings. The fraction of sp³-hybridized carbons (Fsp3) is 0.0909. The lowest BCUT2D eigenvalue weighted by Crippen LogP contribution is -1.92. The molecule has 0 unspecified atom stereocenters. The van der Waals surface area contributed by atoms with Crippen molar-refractivity contribution in [3.05, 3.63) is 38.6 Å². The molecule has 0 aliphatic rings. The van der Waals surface area contributed by atoms with Gasteiger partial charge in [0.05, 0.1) is 16.1 Å². The highest BCUT2D eigenvalue weighted by atomic mass is 79.9. The average molecular weight is 394 g/mol. The van der Waals surface area contributed by atoms with Gasteiger partial charge in [-0.3, -0.25) is 0 Å². The SMILES string of the molecule is COc1cc(Br)c(Oc2nccnc2Cl)cc1Br. The number of rotatable bonds is 3. The predicted octanol–water partition coefficient (Wildman–Crippen LogP) is 4.46. The van der Waals surface area contributed by atoms with Crippen LogP contribution in [0.5, 0.6) is 17.4 Å². The van der Waals surface area contributed by atoms with Crippen molar-refractivity contribution in [3.8, 4) is 17.4 Å². The second-order valence-corrected chi connectivity index (χ2v) is 5.24. The molecule has 0 bridgehead atoms. The molecule has 1 heterocycles. The van der Waals surface area contributed by atoms with E-state index < -0.39 is 0 Å². The van der Waals surface area contributed by atoms with Gasteiger partial charge in [-0.2, -0.15) is 0 Å². The summed E-state index contributed by atoms with van der Waals surface area (Å²) in [7, 11) is 1.59. The van der Waals surface area contributed by atoms with E-state index in [4.69, 9.17) is 21.1 Å². The van der Waals surface area contributed by atoms with Gasteiger partial charge in [0, 0.05) is 12.4 Å². The van der Waals surface area contributed by atoms with Crippen molar-refractivity contribution in [2.75, 3.05) is 7.11 Å². The zero-order valence-corrected chi connectivity index (χ0v) is 13.1. The first-order valence-electron chi connectivity index (χ1n) is 4.79. The van der Waals surface area contributed by atoms with Crippen LogP contribution in [0.3, 0.4) is 0 Å². The van der Waals surface area contributed by atoms with Gasteiger partial charge in [-0.05, 0) is 44.0 Å². The molecule has 7 heteroatoms. The Labute approximate surface area is 126 Å². The predicted molar refractivity (Wildman–Crippen MR) is 75.5 cm³/mol. The maximum atomic E-state index is 5.87. The normalized spacial score (nSPS) is 10.2. The Morgan fingerprint density at radius 2 is 1.67 bits per heavy atom. The van der Waals surface area contributed by atoms with E-state index in [1.54, 1.807) is 19.2 Å². The number of benzene rings is 1. The quantitative estimate of drug-likeness (QED) is 0.771. The topological polar surface area (TPSA) is 44.2 Å². The van der Waals surface area contributed by atoms with E-state index in [2.05, 4.69) is 41.8 Å². The Morgan fingerprint density at radius 3 is 2.33 bits per heavy atom. The molecular weight excluding hydrogens is 387 g/mol. The van der Waals surface area contributed by atoms with E-state index >= 15 is 0 Å². The van der Waals surface area contributed by atoms with E-state index in [-0.39, 0.29) is 11.0 Å². The van der Waals surface area contributed by atoms with Gasteiger partial charge in [0.15, 0.2) is 5.15 Å². The first-order valence-corrected chi connectivity index (χ1v) is 6.75. The van der Waals surface area contributed by atoms with Gasteiger partial charge in [0.1, 0.15) is 11.5 Å². The van der Waals surface area contributed by atoms with Crippen molar-refractivity contribution in [1.29, 1.82) is 0 Å². The van der Waals surface area contributed by atoms with Gasteiger partial charge in [-0.1, -0.05) is 11.6 Å². The summed E-state index contributed by atoms with van der Waals surface area (Å²) in [5, 5.41) is 0.205. The molecule has 94 valence electrons. The van der Waals surface area contributed by atoms with Crippen LogP contribution in [0.15, 0.2) is 33.5 Å². The number of aromatic nitrogens is 2. The summed E-state index contributed by atoms with van der Waals surface area (Å²) in [6.45, 7) is 0. The van der Waals surface area contributed by atoms with Gasteiger partial charge >= 0.3 is 0 Å². The summed E-state index contributed by atoms with van der Waals surface area (Å²) in [5.41, 5.74) is 0. The highest BCUT2D eigenvalue weighted by molar-refractivity contribution is 9.11. The summed E-state index contributed by atoms with van der Waals surface area (Å²) in [5.74, 6) is 1.50. The Morgan fingerprint density at radius 1 is 1.06 bits per heavy atom. The van der Waals surface area contributed by atoms with E-state index in [0.717, 1.165) is 8.95 Å². The standard InChI is InChI=1S/C11H7Br2ClN2O2/c1-17-8-4-7(13)9(5-6(8)12)18-11-10(14)15-2-3-16-11/h2-5H,1H3. The van der Waals surface area contributed by atoms with E-state index in [9.17, 15) is 0 Å². The van der Waals surface area contributed by atoms with Gasteiger partial charge in [-0.25, -0.2) is 9.97 Å². The molecule has 0 saturated heterocycles. The highest BCUT2D eigenvalue weighted by Gasteiger charge is 2.11. The third-order valence-corrected chi connectivity index (χ3v) is 3.53. The first kappa shape index (κ1) is 13.6. The lowest BCUT2D eigenvalue weighted by molar-refractivity contribution is 0.408. The summed E-state index contributed by atoms with van der Waals surface area (Å²) in [6, 6.07) is 3.54. The maximum Gasteiger partial charge on any atom is 0.257 e. The minimum Gasteiger partial charge on any atom is -0.496 e. The van der Waals surface area contributed by atoms with Crippen molar-refractivity contribution in [3.63, 3.8) is 0 Å². The molecule has 0 fully saturated rings. The molecule has 2 rings (SSSR count). The Balaban J connectivity index is 2.35. The molecule has 0 radical (unpaired) electrons. The van der Waals surface area contributed by atoms with Crippen LogP contribution >= 0.6 is 43.5 Å². The van der Waals surface area contributed by atoms with Crippen LogP contribution in [0, 0.1) is 0 Å². The zero-order chi connectivity index (χ0) is 13.1. The summed E-state index contributed by atoms with van der Waals surface area (Å²) in [6.07, 6.45) is 3.00. The van der Waals surface area contributed by atoms with Crippen LogP contribution in [-0.4, -0.2) is 17.1 Å². The number of methoxy groups -OCH3 is 1. The number of ether oxygens (including phenoxy) is 2. The van der Waals surface area contributed by atoms with Crippen molar-refractivity contribution >= 4 is 43.5 Å². The number of hydrogen-bond donors (Lipinski definition) is 0. The van der Waals surface area contributed by atoms with Crippen LogP contribution in [0.4, 0.5) is 0 Å². The smallest absolute Gasteiger partial charge is 0.257 e. The molecule has 0 aliphatic heterocycles. The van der Waals surface area contributed by atoms with Crippen LogP contribution in [-0.2, 0) is 0 Å². The molecule has 4 nitrogen and oxygen atoms in total. The van der Waals surface area contributed by atoms with Gasteiger partial charge in [-0.15, -0.1) is 0 Å². The van der Waals surface area contributed by atoms with Crippen LogP contribution in [0.1, 0.15) is 0 Å². The molecule has 1 aromatic heterocycles. The minimum atomic E-state index is 0.205. The highest BCUT2D eigenvalue weighted by Crippen LogP contribution is 2.38. The fourth-order valence-electron chi connectivity index (χ4n) is 1.23. The molecule has 0 N–H and O–H groups in total. The van der Waals surface area contributed by atoms with Gasteiger partial charge in [0.25, 0.3) is 5.88 Å². The zero-order valence-electron chi connectivity index (χ0n) is 9.15. The number of nitrogens with zero attached hydrogens (tertiary/aromatic N) is 2. The molecule has 18 heavy (non-hydrogen) atoms. The summed E-state index contributed by atoms with van der Waals surface area (Å²) >= 11 is 12.6. The van der Waals surface area contributed by atoms with Crippen molar-refractivity contribution in [2.24, 2.45) is 0 Å². The fourth-order valence-corrected chi connectivity index (χ4v) is 2.26. The van der Waals surface area contributed by atoms with Crippen LogP contribution in [0.2, 0.25) is 5.15 Å². The lowest BCUT2D eigenvalue weighted by Gasteiger charge is -2.10. The molecule has 0 aliphatic carbocycles. The third-order valence-electron chi connectivity index (χ3n) is 2.04. The van der Waals surface area contributed by atoms with Gasteiger partial charge < -0.3 is 9.47 Å². The largest absolute Gasteiger partial charge is 0.496 e. The lowest BCUT2D eigenvalue weighted by atomic mass is 10.3. The van der Waals surface area contributed by atoms with Crippen molar-refractivity contribution in [1.82, 2.24) is 9.97 Å². The molecular formula is C11H7Br2ClN2O2. The van der Waals surface area contributed by atoms with Crippen molar-refractivity contribution < 1.29 is 9.47 Å². The summed E-state index contributed by atoms with van der Waals surface area (Å²) in [4.78, 5) is 7.89. The van der Waals surface area contributed by atoms with E-state index in [1.807, 2.05) is 0 Å². The first-order chi connectivity index (χ1) is 8.61. The Hall–Kier alpha value is -0.850. The van der Waals surface area contributed by atoms with Crippen LogP contribution in [0.25, 0.3) is 0 Å².